The van der Waals surface area contributed by atoms with E-state index in [2.05, 4.69) is 18.7 Å². The Morgan fingerprint density at radius 2 is 2.07 bits per heavy atom. The van der Waals surface area contributed by atoms with Crippen molar-refractivity contribution in [1.29, 1.82) is 0 Å². The maximum atomic E-state index is 11.4. The van der Waals surface area contributed by atoms with E-state index in [9.17, 15) is 4.79 Å². The van der Waals surface area contributed by atoms with Crippen LogP contribution in [0.3, 0.4) is 0 Å². The van der Waals surface area contributed by atoms with Gasteiger partial charge in [-0.25, -0.2) is 0 Å². The van der Waals surface area contributed by atoms with E-state index in [1.165, 1.54) is 0 Å². The van der Waals surface area contributed by atoms with Crippen LogP contribution >= 0.6 is 0 Å². The van der Waals surface area contributed by atoms with Crippen molar-refractivity contribution in [3.8, 4) is 0 Å². The van der Waals surface area contributed by atoms with Crippen LogP contribution in [0.2, 0.25) is 0 Å². The molecule has 0 heterocycles. The second-order valence-corrected chi connectivity index (χ2v) is 4.55. The predicted octanol–water partition coefficient (Wildman–Crippen LogP) is 0.311. The van der Waals surface area contributed by atoms with Crippen molar-refractivity contribution in [3.63, 3.8) is 0 Å². The van der Waals surface area contributed by atoms with Gasteiger partial charge >= 0.3 is 0 Å². The van der Waals surface area contributed by atoms with Gasteiger partial charge in [-0.05, 0) is 38.3 Å². The van der Waals surface area contributed by atoms with Crippen LogP contribution < -0.4 is 11.5 Å². The summed E-state index contributed by atoms with van der Waals surface area (Å²) in [5.41, 5.74) is 10.8. The van der Waals surface area contributed by atoms with E-state index in [1.54, 1.807) is 0 Å². The molecule has 15 heavy (non-hydrogen) atoms. The highest BCUT2D eigenvalue weighted by atomic mass is 16.1. The highest BCUT2D eigenvalue weighted by molar-refractivity contribution is 5.85. The summed E-state index contributed by atoms with van der Waals surface area (Å²) in [5, 5.41) is 0. The van der Waals surface area contributed by atoms with Crippen molar-refractivity contribution in [2.45, 2.75) is 38.6 Å². The molecule has 1 saturated carbocycles. The summed E-state index contributed by atoms with van der Waals surface area (Å²) in [7, 11) is 0. The van der Waals surface area contributed by atoms with Crippen molar-refractivity contribution in [2.24, 2.45) is 17.4 Å². The Labute approximate surface area is 92.0 Å². The fourth-order valence-electron chi connectivity index (χ4n) is 2.04. The first-order chi connectivity index (χ1) is 7.04. The first-order valence-corrected chi connectivity index (χ1v) is 5.85. The maximum Gasteiger partial charge on any atom is 0.239 e. The van der Waals surface area contributed by atoms with Crippen LogP contribution in [0.5, 0.6) is 0 Å². The monoisotopic (exact) mass is 213 g/mol. The van der Waals surface area contributed by atoms with E-state index < -0.39 is 5.54 Å². The molecule has 0 aromatic rings. The van der Waals surface area contributed by atoms with Crippen LogP contribution in [0.1, 0.15) is 33.1 Å². The summed E-state index contributed by atoms with van der Waals surface area (Å²) in [6.07, 6.45) is 3.17. The molecular weight excluding hydrogens is 190 g/mol. The van der Waals surface area contributed by atoms with E-state index in [0.717, 1.165) is 32.4 Å². The molecule has 1 amide bonds. The minimum absolute atomic E-state index is 0.306. The normalized spacial score (nSPS) is 20.3. The molecule has 1 fully saturated rings. The standard InChI is InChI=1S/C11H23N3O/c1-3-7-14(4-2)8-11(13,10(12)15)9-5-6-9/h9H,3-8,13H2,1-2H3,(H2,12,15). The van der Waals surface area contributed by atoms with E-state index in [4.69, 9.17) is 11.5 Å². The summed E-state index contributed by atoms with van der Waals surface area (Å²) in [4.78, 5) is 13.6. The lowest BCUT2D eigenvalue weighted by molar-refractivity contribution is -0.124. The smallest absolute Gasteiger partial charge is 0.239 e. The third-order valence-corrected chi connectivity index (χ3v) is 3.24. The Bertz CT molecular complexity index is 228. The van der Waals surface area contributed by atoms with E-state index in [0.29, 0.717) is 12.5 Å². The van der Waals surface area contributed by atoms with Crippen LogP contribution in [0.25, 0.3) is 0 Å². The van der Waals surface area contributed by atoms with Gasteiger partial charge < -0.3 is 16.4 Å². The van der Waals surface area contributed by atoms with E-state index >= 15 is 0 Å². The number of likely N-dealkylation sites (N-methyl/N-ethyl adjacent to an activating group) is 1. The number of carbonyl (C=O) groups excluding carboxylic acids is 1. The molecule has 0 aliphatic heterocycles. The Kier molecular flexibility index (Phi) is 4.11. The van der Waals surface area contributed by atoms with Crippen LogP contribution in [0.4, 0.5) is 0 Å². The summed E-state index contributed by atoms with van der Waals surface area (Å²) < 4.78 is 0. The molecule has 0 saturated heterocycles. The molecule has 1 aliphatic carbocycles. The number of hydrogen-bond acceptors (Lipinski definition) is 3. The third kappa shape index (κ3) is 2.92. The summed E-state index contributed by atoms with van der Waals surface area (Å²) in [6, 6.07) is 0. The fraction of sp³-hybridized carbons (Fsp3) is 0.909. The molecule has 1 rings (SSSR count). The second-order valence-electron chi connectivity index (χ2n) is 4.55. The van der Waals surface area contributed by atoms with Crippen LogP contribution in [-0.2, 0) is 4.79 Å². The Hall–Kier alpha value is -0.610. The zero-order valence-corrected chi connectivity index (χ0v) is 9.83. The lowest BCUT2D eigenvalue weighted by Gasteiger charge is -2.32. The summed E-state index contributed by atoms with van der Waals surface area (Å²) >= 11 is 0. The van der Waals surface area contributed by atoms with Gasteiger partial charge in [-0.15, -0.1) is 0 Å². The molecule has 4 N–H and O–H groups in total. The van der Waals surface area contributed by atoms with Crippen molar-refractivity contribution in [2.75, 3.05) is 19.6 Å². The minimum Gasteiger partial charge on any atom is -0.368 e. The van der Waals surface area contributed by atoms with Gasteiger partial charge in [-0.2, -0.15) is 0 Å². The van der Waals surface area contributed by atoms with Crippen molar-refractivity contribution < 1.29 is 4.79 Å². The molecule has 1 atom stereocenters. The van der Waals surface area contributed by atoms with Crippen LogP contribution in [-0.4, -0.2) is 36.0 Å². The van der Waals surface area contributed by atoms with Gasteiger partial charge in [0.05, 0.1) is 0 Å². The van der Waals surface area contributed by atoms with Gasteiger partial charge in [0.15, 0.2) is 0 Å². The molecule has 0 aromatic carbocycles. The molecule has 1 unspecified atom stereocenters. The predicted molar refractivity (Wildman–Crippen MR) is 61.2 cm³/mol. The summed E-state index contributed by atoms with van der Waals surface area (Å²) in [6.45, 7) is 6.73. The molecule has 0 aromatic heterocycles. The molecule has 0 radical (unpaired) electrons. The van der Waals surface area contributed by atoms with E-state index in [-0.39, 0.29) is 5.91 Å². The zero-order valence-electron chi connectivity index (χ0n) is 9.83. The summed E-state index contributed by atoms with van der Waals surface area (Å²) in [5.74, 6) is -0.0412. The number of hydrogen-bond donors (Lipinski definition) is 2. The average Bonchev–Trinajstić information content (AvgIpc) is 2.99. The number of amides is 1. The molecule has 0 spiro atoms. The first kappa shape index (κ1) is 12.5. The SMILES string of the molecule is CCCN(CC)CC(N)(C(N)=O)C1CC1. The van der Waals surface area contributed by atoms with Gasteiger partial charge in [0.25, 0.3) is 0 Å². The molecule has 4 heteroatoms. The molecule has 88 valence electrons. The maximum absolute atomic E-state index is 11.4. The largest absolute Gasteiger partial charge is 0.368 e. The Balaban J connectivity index is 2.60. The van der Waals surface area contributed by atoms with Gasteiger partial charge in [-0.3, -0.25) is 4.79 Å². The minimum atomic E-state index is -0.800. The highest BCUT2D eigenvalue weighted by Gasteiger charge is 2.47. The molecule has 0 bridgehead atoms. The molecule has 1 aliphatic rings. The molecular formula is C11H23N3O. The molecule has 4 nitrogen and oxygen atoms in total. The zero-order chi connectivity index (χ0) is 11.5. The number of primary amides is 1. The first-order valence-electron chi connectivity index (χ1n) is 5.85. The third-order valence-electron chi connectivity index (χ3n) is 3.24. The van der Waals surface area contributed by atoms with Crippen molar-refractivity contribution in [1.82, 2.24) is 4.90 Å². The van der Waals surface area contributed by atoms with Gasteiger partial charge in [0, 0.05) is 6.54 Å². The second kappa shape index (κ2) is 4.94. The number of nitrogens with zero attached hydrogens (tertiary/aromatic N) is 1. The average molecular weight is 213 g/mol. The van der Waals surface area contributed by atoms with Crippen LogP contribution in [0.15, 0.2) is 0 Å². The fourth-order valence-corrected chi connectivity index (χ4v) is 2.04. The lowest BCUT2D eigenvalue weighted by atomic mass is 9.93. The topological polar surface area (TPSA) is 72.3 Å². The quantitative estimate of drug-likeness (QED) is 0.639. The van der Waals surface area contributed by atoms with Gasteiger partial charge in [0.1, 0.15) is 5.54 Å². The highest BCUT2D eigenvalue weighted by Crippen LogP contribution is 2.38. The van der Waals surface area contributed by atoms with Crippen molar-refractivity contribution >= 4 is 5.91 Å². The Morgan fingerprint density at radius 3 is 2.40 bits per heavy atom. The van der Waals surface area contributed by atoms with E-state index in [1.807, 2.05) is 0 Å². The van der Waals surface area contributed by atoms with Gasteiger partial charge in [-0.1, -0.05) is 13.8 Å². The lowest BCUT2D eigenvalue weighted by Crippen LogP contribution is -2.60. The van der Waals surface area contributed by atoms with Crippen molar-refractivity contribution in [3.05, 3.63) is 0 Å². The van der Waals surface area contributed by atoms with Crippen LogP contribution in [0, 0.1) is 5.92 Å². The number of rotatable bonds is 7. The number of carbonyl (C=O) groups is 1. The van der Waals surface area contributed by atoms with Gasteiger partial charge in [0.2, 0.25) is 5.91 Å². The number of nitrogens with two attached hydrogens (primary N) is 2. The Morgan fingerprint density at radius 1 is 1.47 bits per heavy atom.